The predicted molar refractivity (Wildman–Crippen MR) is 133 cm³/mol. The van der Waals surface area contributed by atoms with Gasteiger partial charge in [0.15, 0.2) is 11.8 Å². The number of carbonyl (C=O) groups excluding carboxylic acids is 1. The van der Waals surface area contributed by atoms with Crippen LogP contribution >= 0.6 is 15.9 Å². The van der Waals surface area contributed by atoms with Crippen molar-refractivity contribution < 1.29 is 9.53 Å². The fourth-order valence-electron chi connectivity index (χ4n) is 3.40. The van der Waals surface area contributed by atoms with E-state index < -0.39 is 23.3 Å². The third kappa shape index (κ3) is 5.92. The SMILES string of the molecule is CC(C)CN(C(=O)C(C)Oc1ccc(Br)cc1)c1c(N)n(Cc2ccccc2)c(=O)[nH]c1=O. The summed E-state index contributed by atoms with van der Waals surface area (Å²) in [6.07, 6.45) is -0.891. The van der Waals surface area contributed by atoms with Crippen LogP contribution in [-0.4, -0.2) is 28.1 Å². The number of nitrogens with one attached hydrogen (secondary N) is 1. The Hall–Kier alpha value is -3.33. The molecular weight excluding hydrogens is 488 g/mol. The lowest BCUT2D eigenvalue weighted by molar-refractivity contribution is -0.124. The number of hydrogen-bond donors (Lipinski definition) is 2. The van der Waals surface area contributed by atoms with E-state index in [2.05, 4.69) is 20.9 Å². The summed E-state index contributed by atoms with van der Waals surface area (Å²) in [5.41, 5.74) is 5.74. The first-order valence-corrected chi connectivity index (χ1v) is 11.4. The Bertz CT molecular complexity index is 1220. The van der Waals surface area contributed by atoms with Crippen molar-refractivity contribution in [1.82, 2.24) is 9.55 Å². The fraction of sp³-hybridized carbons (Fsp3) is 0.292. The van der Waals surface area contributed by atoms with Crippen molar-refractivity contribution in [1.29, 1.82) is 0 Å². The summed E-state index contributed by atoms with van der Waals surface area (Å²) in [4.78, 5) is 42.4. The molecule has 1 aromatic heterocycles. The first-order valence-electron chi connectivity index (χ1n) is 10.6. The number of halogens is 1. The Kier molecular flexibility index (Phi) is 7.75. The van der Waals surface area contributed by atoms with Crippen molar-refractivity contribution in [3.8, 4) is 5.75 Å². The lowest BCUT2D eigenvalue weighted by Crippen LogP contribution is -2.47. The molecule has 0 radical (unpaired) electrons. The molecule has 0 fully saturated rings. The van der Waals surface area contributed by atoms with Crippen LogP contribution in [0.4, 0.5) is 11.5 Å². The van der Waals surface area contributed by atoms with Gasteiger partial charge in [-0.15, -0.1) is 0 Å². The van der Waals surface area contributed by atoms with Crippen LogP contribution in [0.1, 0.15) is 26.3 Å². The van der Waals surface area contributed by atoms with Gasteiger partial charge >= 0.3 is 5.69 Å². The molecule has 3 N–H and O–H groups in total. The number of carbonyl (C=O) groups is 1. The first-order chi connectivity index (χ1) is 15.7. The molecule has 0 spiro atoms. The number of anilines is 2. The smallest absolute Gasteiger partial charge is 0.330 e. The zero-order valence-corrected chi connectivity index (χ0v) is 20.3. The van der Waals surface area contributed by atoms with Crippen LogP contribution in [0.2, 0.25) is 0 Å². The molecule has 1 atom stereocenters. The van der Waals surface area contributed by atoms with Crippen LogP contribution in [0.3, 0.4) is 0 Å². The zero-order valence-electron chi connectivity index (χ0n) is 18.7. The van der Waals surface area contributed by atoms with Gasteiger partial charge in [-0.3, -0.25) is 19.1 Å². The van der Waals surface area contributed by atoms with E-state index in [4.69, 9.17) is 10.5 Å². The number of benzene rings is 2. The van der Waals surface area contributed by atoms with Gasteiger partial charge in [-0.1, -0.05) is 60.1 Å². The Morgan fingerprint density at radius 1 is 1.09 bits per heavy atom. The van der Waals surface area contributed by atoms with E-state index in [-0.39, 0.29) is 30.5 Å². The van der Waals surface area contributed by atoms with Crippen LogP contribution < -0.4 is 26.6 Å². The molecule has 0 aliphatic carbocycles. The Labute approximate surface area is 200 Å². The van der Waals surface area contributed by atoms with Gasteiger partial charge in [0.05, 0.1) is 6.54 Å². The maximum Gasteiger partial charge on any atom is 0.330 e. The van der Waals surface area contributed by atoms with Crippen LogP contribution in [-0.2, 0) is 11.3 Å². The van der Waals surface area contributed by atoms with E-state index in [1.165, 1.54) is 9.47 Å². The molecule has 1 heterocycles. The van der Waals surface area contributed by atoms with Gasteiger partial charge < -0.3 is 15.4 Å². The summed E-state index contributed by atoms with van der Waals surface area (Å²) < 4.78 is 7.95. The molecule has 2 aromatic carbocycles. The summed E-state index contributed by atoms with van der Waals surface area (Å²) in [6.45, 7) is 5.84. The quantitative estimate of drug-likeness (QED) is 0.478. The number of nitrogens with two attached hydrogens (primary N) is 1. The molecule has 3 rings (SSSR count). The Morgan fingerprint density at radius 3 is 2.33 bits per heavy atom. The number of nitrogen functional groups attached to an aromatic ring is 1. The minimum absolute atomic E-state index is 0.0298. The molecule has 3 aromatic rings. The van der Waals surface area contributed by atoms with Crippen LogP contribution in [0.15, 0.2) is 68.7 Å². The summed E-state index contributed by atoms with van der Waals surface area (Å²) in [5, 5.41) is 0. The number of rotatable bonds is 8. The molecule has 1 unspecified atom stereocenters. The number of aromatic amines is 1. The van der Waals surface area contributed by atoms with E-state index in [9.17, 15) is 14.4 Å². The predicted octanol–water partition coefficient (Wildman–Crippen LogP) is 3.39. The van der Waals surface area contributed by atoms with Crippen molar-refractivity contribution in [3.05, 3.63) is 85.5 Å². The average molecular weight is 515 g/mol. The molecular formula is C24H27BrN4O4. The molecule has 1 amide bonds. The number of ether oxygens (including phenoxy) is 1. The molecule has 0 saturated carbocycles. The second kappa shape index (κ2) is 10.5. The minimum atomic E-state index is -0.891. The largest absolute Gasteiger partial charge is 0.481 e. The van der Waals surface area contributed by atoms with E-state index in [0.29, 0.717) is 5.75 Å². The zero-order chi connectivity index (χ0) is 24.1. The third-order valence-electron chi connectivity index (χ3n) is 4.96. The first kappa shape index (κ1) is 24.3. The van der Waals surface area contributed by atoms with Gasteiger partial charge in [0.25, 0.3) is 11.5 Å². The number of H-pyrrole nitrogens is 1. The van der Waals surface area contributed by atoms with E-state index >= 15 is 0 Å². The van der Waals surface area contributed by atoms with Crippen molar-refractivity contribution >= 4 is 33.3 Å². The highest BCUT2D eigenvalue weighted by Gasteiger charge is 2.29. The normalized spacial score (nSPS) is 11.9. The van der Waals surface area contributed by atoms with Gasteiger partial charge in [-0.25, -0.2) is 4.79 Å². The third-order valence-corrected chi connectivity index (χ3v) is 5.48. The standard InChI is InChI=1S/C24H27BrN4O4/c1-15(2)13-28(23(31)16(3)33-19-11-9-18(25)10-12-19)20-21(26)29(24(32)27-22(20)30)14-17-7-5-4-6-8-17/h4-12,15-16H,13-14,26H2,1-3H3,(H,27,30,32). The van der Waals surface area contributed by atoms with Crippen molar-refractivity contribution in [2.45, 2.75) is 33.4 Å². The molecule has 33 heavy (non-hydrogen) atoms. The molecule has 0 aliphatic rings. The lowest BCUT2D eigenvalue weighted by Gasteiger charge is -2.28. The van der Waals surface area contributed by atoms with Gasteiger partial charge in [0, 0.05) is 11.0 Å². The molecule has 9 heteroatoms. The van der Waals surface area contributed by atoms with Gasteiger partial charge in [-0.05, 0) is 42.7 Å². The number of nitrogens with zero attached hydrogens (tertiary/aromatic N) is 2. The van der Waals surface area contributed by atoms with Gasteiger partial charge in [0.1, 0.15) is 11.6 Å². The average Bonchev–Trinajstić information content (AvgIpc) is 2.77. The number of amides is 1. The summed E-state index contributed by atoms with van der Waals surface area (Å²) in [7, 11) is 0. The summed E-state index contributed by atoms with van der Waals surface area (Å²) in [6, 6.07) is 16.3. The van der Waals surface area contributed by atoms with E-state index in [1.54, 1.807) is 31.2 Å². The van der Waals surface area contributed by atoms with Crippen LogP contribution in [0.25, 0.3) is 0 Å². The van der Waals surface area contributed by atoms with Crippen molar-refractivity contribution in [2.24, 2.45) is 5.92 Å². The molecule has 8 nitrogen and oxygen atoms in total. The van der Waals surface area contributed by atoms with Crippen molar-refractivity contribution in [3.63, 3.8) is 0 Å². The lowest BCUT2D eigenvalue weighted by atomic mass is 10.1. The van der Waals surface area contributed by atoms with Crippen LogP contribution in [0.5, 0.6) is 5.75 Å². The maximum absolute atomic E-state index is 13.4. The molecule has 174 valence electrons. The second-order valence-electron chi connectivity index (χ2n) is 8.12. The van der Waals surface area contributed by atoms with E-state index in [0.717, 1.165) is 10.0 Å². The Balaban J connectivity index is 1.99. The minimum Gasteiger partial charge on any atom is -0.481 e. The monoisotopic (exact) mass is 514 g/mol. The molecule has 0 bridgehead atoms. The summed E-state index contributed by atoms with van der Waals surface area (Å²) >= 11 is 3.36. The van der Waals surface area contributed by atoms with Gasteiger partial charge in [-0.2, -0.15) is 0 Å². The molecule has 0 aliphatic heterocycles. The maximum atomic E-state index is 13.4. The highest BCUT2D eigenvalue weighted by molar-refractivity contribution is 9.10. The highest BCUT2D eigenvalue weighted by Crippen LogP contribution is 2.22. The number of aromatic nitrogens is 2. The number of hydrogen-bond acceptors (Lipinski definition) is 5. The van der Waals surface area contributed by atoms with E-state index in [1.807, 2.05) is 44.2 Å². The summed E-state index contributed by atoms with van der Waals surface area (Å²) in [5.74, 6) is 0.0350. The Morgan fingerprint density at radius 2 is 1.73 bits per heavy atom. The second-order valence-corrected chi connectivity index (χ2v) is 9.04. The fourth-order valence-corrected chi connectivity index (χ4v) is 3.67. The van der Waals surface area contributed by atoms with Crippen molar-refractivity contribution in [2.75, 3.05) is 17.2 Å². The highest BCUT2D eigenvalue weighted by atomic mass is 79.9. The van der Waals surface area contributed by atoms with Gasteiger partial charge in [0.2, 0.25) is 0 Å². The van der Waals surface area contributed by atoms with Crippen LogP contribution in [0, 0.1) is 5.92 Å². The topological polar surface area (TPSA) is 110 Å². The molecule has 0 saturated heterocycles.